The summed E-state index contributed by atoms with van der Waals surface area (Å²) in [6.45, 7) is 0. The van der Waals surface area contributed by atoms with Crippen LogP contribution in [0, 0.1) is 0 Å². The molecule has 0 radical (unpaired) electrons. The first-order valence-corrected chi connectivity index (χ1v) is 9.08. The number of aromatic nitrogens is 1. The molecule has 1 aliphatic rings. The maximum atomic E-state index is 12.4. The van der Waals surface area contributed by atoms with Crippen LogP contribution in [0.2, 0.25) is 0 Å². The van der Waals surface area contributed by atoms with Crippen LogP contribution in [-0.4, -0.2) is 35.8 Å². The molecule has 1 aromatic heterocycles. The van der Waals surface area contributed by atoms with Crippen LogP contribution in [0.5, 0.6) is 11.5 Å². The average Bonchev–Trinajstić information content (AvgIpc) is 3.13. The third kappa shape index (κ3) is 3.31. The molecule has 0 spiro atoms. The lowest BCUT2D eigenvalue weighted by atomic mass is 9.88. The van der Waals surface area contributed by atoms with Crippen molar-refractivity contribution in [2.45, 2.75) is 12.3 Å². The van der Waals surface area contributed by atoms with Crippen LogP contribution in [0.4, 0.5) is 5.69 Å². The molecule has 0 bridgehead atoms. The number of benzene rings is 2. The van der Waals surface area contributed by atoms with Crippen molar-refractivity contribution in [2.75, 3.05) is 19.5 Å². The molecule has 1 amide bonds. The number of hydrogen-bond donors (Lipinski definition) is 2. The Morgan fingerprint density at radius 2 is 1.79 bits per heavy atom. The Hall–Kier alpha value is -3.74. The van der Waals surface area contributed by atoms with Crippen molar-refractivity contribution in [3.05, 3.63) is 71.5 Å². The van der Waals surface area contributed by atoms with E-state index in [4.69, 9.17) is 9.47 Å². The number of anilines is 1. The van der Waals surface area contributed by atoms with Crippen LogP contribution in [0.1, 0.15) is 34.0 Å². The normalized spacial score (nSPS) is 15.4. The van der Waals surface area contributed by atoms with Gasteiger partial charge in [-0.05, 0) is 29.8 Å². The zero-order valence-electron chi connectivity index (χ0n) is 16.0. The highest BCUT2D eigenvalue weighted by Gasteiger charge is 2.34. The van der Waals surface area contributed by atoms with Gasteiger partial charge in [0.2, 0.25) is 5.91 Å². The fourth-order valence-electron chi connectivity index (χ4n) is 3.74. The summed E-state index contributed by atoms with van der Waals surface area (Å²) in [6.07, 6.45) is 1.74. The van der Waals surface area contributed by atoms with E-state index < -0.39 is 5.97 Å². The van der Waals surface area contributed by atoms with Gasteiger partial charge in [0.05, 0.1) is 25.6 Å². The average molecular weight is 392 g/mol. The molecule has 29 heavy (non-hydrogen) atoms. The molecule has 1 atom stereocenters. The van der Waals surface area contributed by atoms with E-state index in [0.29, 0.717) is 22.9 Å². The quantitative estimate of drug-likeness (QED) is 0.692. The van der Waals surface area contributed by atoms with E-state index in [1.54, 1.807) is 20.4 Å². The van der Waals surface area contributed by atoms with E-state index in [0.717, 1.165) is 11.3 Å². The van der Waals surface area contributed by atoms with Gasteiger partial charge in [-0.15, -0.1) is 0 Å². The molecule has 4 rings (SSSR count). The smallest absolute Gasteiger partial charge is 0.339 e. The first kappa shape index (κ1) is 18.6. The highest BCUT2D eigenvalue weighted by Crippen LogP contribution is 2.42. The number of carbonyl (C=O) groups is 2. The van der Waals surface area contributed by atoms with Gasteiger partial charge in [0.15, 0.2) is 0 Å². The Balaban J connectivity index is 1.96. The second kappa shape index (κ2) is 7.35. The van der Waals surface area contributed by atoms with Gasteiger partial charge in [0.25, 0.3) is 0 Å². The highest BCUT2D eigenvalue weighted by atomic mass is 16.5. The van der Waals surface area contributed by atoms with Crippen LogP contribution in [0.15, 0.2) is 54.7 Å². The standard InChI is InChI=1S/C22H20N2O5/c1-28-15-7-3-5-13(9-15)17-11-19(25)23-20-18(22(26)27)12-24(21(17)20)14-6-4-8-16(10-14)29-2/h3-10,12,17H,11H2,1-2H3,(H,23,25)(H,26,27). The first-order valence-electron chi connectivity index (χ1n) is 9.08. The van der Waals surface area contributed by atoms with Crippen molar-refractivity contribution >= 4 is 17.6 Å². The van der Waals surface area contributed by atoms with Crippen molar-refractivity contribution in [1.82, 2.24) is 4.57 Å². The lowest BCUT2D eigenvalue weighted by Crippen LogP contribution is -2.25. The Kier molecular flexibility index (Phi) is 4.72. The van der Waals surface area contributed by atoms with Gasteiger partial charge in [-0.2, -0.15) is 0 Å². The summed E-state index contributed by atoms with van der Waals surface area (Å²) in [6, 6.07) is 14.8. The predicted octanol–water partition coefficient (Wildman–Crippen LogP) is 3.67. The molecule has 2 aromatic carbocycles. The largest absolute Gasteiger partial charge is 0.497 e. The summed E-state index contributed by atoms with van der Waals surface area (Å²) < 4.78 is 12.5. The summed E-state index contributed by atoms with van der Waals surface area (Å²) in [5.74, 6) is -0.327. The SMILES string of the molecule is COc1cccc(C2CC(=O)Nc3c(C(=O)O)cn(-c4cccc(OC)c4)c32)c1. The van der Waals surface area contributed by atoms with Crippen LogP contribution in [0.25, 0.3) is 5.69 Å². The molecule has 0 saturated carbocycles. The van der Waals surface area contributed by atoms with Crippen LogP contribution in [0.3, 0.4) is 0 Å². The molecule has 3 aromatic rings. The summed E-state index contributed by atoms with van der Waals surface area (Å²) in [5.41, 5.74) is 2.70. The number of carboxylic acids is 1. The van der Waals surface area contributed by atoms with Crippen molar-refractivity contribution in [3.63, 3.8) is 0 Å². The number of methoxy groups -OCH3 is 2. The van der Waals surface area contributed by atoms with Gasteiger partial charge in [0, 0.05) is 30.3 Å². The number of ether oxygens (including phenoxy) is 2. The third-order valence-electron chi connectivity index (χ3n) is 5.09. The number of hydrogen-bond acceptors (Lipinski definition) is 4. The number of carboxylic acid groups (broad SMARTS) is 1. The topological polar surface area (TPSA) is 89.8 Å². The molecular formula is C22H20N2O5. The van der Waals surface area contributed by atoms with Gasteiger partial charge in [-0.1, -0.05) is 18.2 Å². The maximum Gasteiger partial charge on any atom is 0.339 e. The van der Waals surface area contributed by atoms with Crippen LogP contribution < -0.4 is 14.8 Å². The van der Waals surface area contributed by atoms with Gasteiger partial charge >= 0.3 is 5.97 Å². The van der Waals surface area contributed by atoms with E-state index in [9.17, 15) is 14.7 Å². The molecule has 2 heterocycles. The second-order valence-electron chi connectivity index (χ2n) is 6.76. The molecule has 148 valence electrons. The fourth-order valence-corrected chi connectivity index (χ4v) is 3.74. The van der Waals surface area contributed by atoms with Crippen molar-refractivity contribution < 1.29 is 24.2 Å². The van der Waals surface area contributed by atoms with Gasteiger partial charge < -0.3 is 24.5 Å². The maximum absolute atomic E-state index is 12.4. The van der Waals surface area contributed by atoms with E-state index in [2.05, 4.69) is 5.32 Å². The summed E-state index contributed by atoms with van der Waals surface area (Å²) >= 11 is 0. The molecule has 1 unspecified atom stereocenters. The molecule has 1 aliphatic heterocycles. The van der Waals surface area contributed by atoms with E-state index in [1.165, 1.54) is 0 Å². The van der Waals surface area contributed by atoms with Crippen LogP contribution >= 0.6 is 0 Å². The minimum absolute atomic E-state index is 0.0452. The lowest BCUT2D eigenvalue weighted by molar-refractivity contribution is -0.116. The molecule has 0 aliphatic carbocycles. The summed E-state index contributed by atoms with van der Waals surface area (Å²) in [7, 11) is 3.16. The number of fused-ring (bicyclic) bond motifs is 1. The number of aromatic carboxylic acids is 1. The molecule has 0 saturated heterocycles. The Labute approximate surface area is 167 Å². The van der Waals surface area contributed by atoms with Gasteiger partial charge in [-0.25, -0.2) is 4.79 Å². The third-order valence-corrected chi connectivity index (χ3v) is 5.09. The first-order chi connectivity index (χ1) is 14.0. The van der Waals surface area contributed by atoms with E-state index in [-0.39, 0.29) is 23.8 Å². The molecule has 2 N–H and O–H groups in total. The summed E-state index contributed by atoms with van der Waals surface area (Å²) in [4.78, 5) is 24.3. The molecule has 7 nitrogen and oxygen atoms in total. The van der Waals surface area contributed by atoms with Crippen molar-refractivity contribution in [2.24, 2.45) is 0 Å². The Morgan fingerprint density at radius 1 is 1.10 bits per heavy atom. The Morgan fingerprint density at radius 3 is 2.48 bits per heavy atom. The van der Waals surface area contributed by atoms with Crippen molar-refractivity contribution in [1.29, 1.82) is 0 Å². The molecular weight excluding hydrogens is 372 g/mol. The minimum atomic E-state index is -1.10. The molecule has 0 fully saturated rings. The number of amides is 1. The van der Waals surface area contributed by atoms with E-state index in [1.807, 2.05) is 53.1 Å². The molecule has 7 heteroatoms. The van der Waals surface area contributed by atoms with E-state index >= 15 is 0 Å². The summed E-state index contributed by atoms with van der Waals surface area (Å²) in [5, 5.41) is 12.5. The number of rotatable bonds is 5. The predicted molar refractivity (Wildman–Crippen MR) is 107 cm³/mol. The van der Waals surface area contributed by atoms with Gasteiger partial charge in [-0.3, -0.25) is 4.79 Å². The zero-order valence-corrected chi connectivity index (χ0v) is 16.0. The Bertz CT molecular complexity index is 1100. The van der Waals surface area contributed by atoms with Crippen LogP contribution in [-0.2, 0) is 4.79 Å². The van der Waals surface area contributed by atoms with Gasteiger partial charge in [0.1, 0.15) is 17.1 Å². The zero-order chi connectivity index (χ0) is 20.5. The second-order valence-corrected chi connectivity index (χ2v) is 6.76. The number of carbonyl (C=O) groups excluding carboxylic acids is 1. The monoisotopic (exact) mass is 392 g/mol. The van der Waals surface area contributed by atoms with Crippen molar-refractivity contribution in [3.8, 4) is 17.2 Å². The number of nitrogens with one attached hydrogen (secondary N) is 1. The fraction of sp³-hybridized carbons (Fsp3) is 0.182. The minimum Gasteiger partial charge on any atom is -0.497 e. The highest BCUT2D eigenvalue weighted by molar-refractivity contribution is 6.04. The number of nitrogens with zero attached hydrogens (tertiary/aromatic N) is 1. The lowest BCUT2D eigenvalue weighted by Gasteiger charge is -2.26.